The third-order valence-corrected chi connectivity index (χ3v) is 4.15. The van der Waals surface area contributed by atoms with E-state index in [2.05, 4.69) is 5.32 Å². The second-order valence-corrected chi connectivity index (χ2v) is 6.56. The minimum atomic E-state index is -1.17. The molecular weight excluding hydrogens is 384 g/mol. The summed E-state index contributed by atoms with van der Waals surface area (Å²) in [5.41, 5.74) is 0.113. The molecular formula is C21H21F2NO5. The second kappa shape index (κ2) is 9.77. The van der Waals surface area contributed by atoms with Crippen molar-refractivity contribution in [3.63, 3.8) is 0 Å². The zero-order valence-corrected chi connectivity index (χ0v) is 16.2. The Morgan fingerprint density at radius 3 is 2.34 bits per heavy atom. The lowest BCUT2D eigenvalue weighted by atomic mass is 10.0. The molecule has 0 spiro atoms. The van der Waals surface area contributed by atoms with Crippen LogP contribution in [0.4, 0.5) is 8.78 Å². The first-order valence-corrected chi connectivity index (χ1v) is 8.83. The minimum absolute atomic E-state index is 0.129. The van der Waals surface area contributed by atoms with E-state index >= 15 is 0 Å². The molecule has 0 saturated carbocycles. The predicted molar refractivity (Wildman–Crippen MR) is 101 cm³/mol. The first kappa shape index (κ1) is 22.0. The van der Waals surface area contributed by atoms with Gasteiger partial charge in [-0.25, -0.2) is 13.6 Å². The molecule has 2 rings (SSSR count). The van der Waals surface area contributed by atoms with Crippen LogP contribution in [0.15, 0.2) is 42.5 Å². The molecule has 0 aliphatic heterocycles. The number of hydrogen-bond donors (Lipinski definition) is 1. The number of halogens is 2. The lowest BCUT2D eigenvalue weighted by molar-refractivity contribution is -0.145. The zero-order valence-electron chi connectivity index (χ0n) is 16.2. The summed E-state index contributed by atoms with van der Waals surface area (Å²) < 4.78 is 36.3. The van der Waals surface area contributed by atoms with Crippen LogP contribution in [-0.2, 0) is 9.53 Å². The van der Waals surface area contributed by atoms with Crippen molar-refractivity contribution in [2.75, 3.05) is 13.7 Å². The van der Waals surface area contributed by atoms with Gasteiger partial charge in [0.25, 0.3) is 5.91 Å². The minimum Gasteiger partial charge on any atom is -0.496 e. The van der Waals surface area contributed by atoms with Gasteiger partial charge in [0.05, 0.1) is 12.7 Å². The van der Waals surface area contributed by atoms with E-state index < -0.39 is 41.9 Å². The van der Waals surface area contributed by atoms with E-state index in [0.29, 0.717) is 5.75 Å². The number of carbonyl (C=O) groups excluding carboxylic acids is 3. The van der Waals surface area contributed by atoms with E-state index in [1.807, 2.05) is 0 Å². The molecule has 0 heterocycles. The van der Waals surface area contributed by atoms with E-state index in [0.717, 1.165) is 18.2 Å². The molecule has 0 aliphatic rings. The molecule has 2 aromatic carbocycles. The first-order valence-electron chi connectivity index (χ1n) is 8.83. The highest BCUT2D eigenvalue weighted by atomic mass is 19.2. The lowest BCUT2D eigenvalue weighted by Crippen LogP contribution is -2.45. The maximum Gasteiger partial charge on any atom is 0.329 e. The van der Waals surface area contributed by atoms with Gasteiger partial charge in [0, 0.05) is 5.56 Å². The number of ketones is 1. The molecule has 29 heavy (non-hydrogen) atoms. The van der Waals surface area contributed by atoms with Gasteiger partial charge in [-0.3, -0.25) is 9.59 Å². The summed E-state index contributed by atoms with van der Waals surface area (Å²) in [7, 11) is 1.42. The fourth-order valence-electron chi connectivity index (χ4n) is 2.53. The van der Waals surface area contributed by atoms with Crippen LogP contribution in [0, 0.1) is 17.6 Å². The summed E-state index contributed by atoms with van der Waals surface area (Å²) in [5, 5.41) is 2.57. The highest BCUT2D eigenvalue weighted by Crippen LogP contribution is 2.18. The van der Waals surface area contributed by atoms with Crippen molar-refractivity contribution < 1.29 is 32.6 Å². The topological polar surface area (TPSA) is 81.7 Å². The van der Waals surface area contributed by atoms with E-state index in [-0.39, 0.29) is 17.0 Å². The Balaban J connectivity index is 2.04. The molecule has 1 N–H and O–H groups in total. The predicted octanol–water partition coefficient (Wildman–Crippen LogP) is 3.15. The van der Waals surface area contributed by atoms with Crippen LogP contribution >= 0.6 is 0 Å². The Hall–Kier alpha value is -3.29. The quantitative estimate of drug-likeness (QED) is 0.539. The average Bonchev–Trinajstić information content (AvgIpc) is 2.71. The van der Waals surface area contributed by atoms with Crippen LogP contribution in [-0.4, -0.2) is 37.4 Å². The third-order valence-electron chi connectivity index (χ3n) is 4.15. The van der Waals surface area contributed by atoms with Crippen molar-refractivity contribution in [2.45, 2.75) is 19.9 Å². The molecule has 0 aliphatic carbocycles. The van der Waals surface area contributed by atoms with Crippen LogP contribution < -0.4 is 10.1 Å². The summed E-state index contributed by atoms with van der Waals surface area (Å²) >= 11 is 0. The molecule has 0 fully saturated rings. The Morgan fingerprint density at radius 2 is 1.72 bits per heavy atom. The molecule has 2 aromatic rings. The van der Waals surface area contributed by atoms with Crippen molar-refractivity contribution in [1.82, 2.24) is 5.32 Å². The standard InChI is InChI=1S/C21H21F2NO5/c1-12(2)19(24-20(26)14-6-4-5-7-18(14)28-3)21(27)29-11-17(25)13-8-9-15(22)16(23)10-13/h4-10,12,19H,11H2,1-3H3,(H,24,26)/t19-/m0/s1. The van der Waals surface area contributed by atoms with Crippen LogP contribution in [0.1, 0.15) is 34.6 Å². The Labute approximate surface area is 166 Å². The van der Waals surface area contributed by atoms with Crippen LogP contribution in [0.25, 0.3) is 0 Å². The van der Waals surface area contributed by atoms with Gasteiger partial charge in [-0.15, -0.1) is 0 Å². The van der Waals surface area contributed by atoms with E-state index in [9.17, 15) is 23.2 Å². The number of amides is 1. The third kappa shape index (κ3) is 5.60. The van der Waals surface area contributed by atoms with E-state index in [4.69, 9.17) is 9.47 Å². The van der Waals surface area contributed by atoms with E-state index in [1.165, 1.54) is 7.11 Å². The number of esters is 1. The largest absolute Gasteiger partial charge is 0.496 e. The van der Waals surface area contributed by atoms with Gasteiger partial charge >= 0.3 is 5.97 Å². The van der Waals surface area contributed by atoms with Crippen LogP contribution in [0.5, 0.6) is 5.75 Å². The van der Waals surface area contributed by atoms with Gasteiger partial charge in [-0.05, 0) is 36.2 Å². The van der Waals surface area contributed by atoms with Gasteiger partial charge in [0.2, 0.25) is 0 Å². The van der Waals surface area contributed by atoms with E-state index in [1.54, 1.807) is 38.1 Å². The molecule has 1 atom stereocenters. The average molecular weight is 405 g/mol. The Bertz CT molecular complexity index is 914. The van der Waals surface area contributed by atoms with Crippen molar-refractivity contribution in [2.24, 2.45) is 5.92 Å². The normalized spacial score (nSPS) is 11.7. The molecule has 8 heteroatoms. The highest BCUT2D eigenvalue weighted by Gasteiger charge is 2.28. The zero-order chi connectivity index (χ0) is 21.6. The number of hydrogen-bond acceptors (Lipinski definition) is 5. The van der Waals surface area contributed by atoms with Crippen molar-refractivity contribution in [3.05, 3.63) is 65.2 Å². The molecule has 0 unspecified atom stereocenters. The number of rotatable bonds is 8. The number of Topliss-reactive ketones (excluding diaryl/α,β-unsaturated/α-hetero) is 1. The highest BCUT2D eigenvalue weighted by molar-refractivity contribution is 6.00. The monoisotopic (exact) mass is 405 g/mol. The fourth-order valence-corrected chi connectivity index (χ4v) is 2.53. The smallest absolute Gasteiger partial charge is 0.329 e. The molecule has 1 amide bonds. The summed E-state index contributed by atoms with van der Waals surface area (Å²) in [6.07, 6.45) is 0. The van der Waals surface area contributed by atoms with Crippen LogP contribution in [0.2, 0.25) is 0 Å². The molecule has 0 aromatic heterocycles. The summed E-state index contributed by atoms with van der Waals surface area (Å²) in [4.78, 5) is 37.0. The Morgan fingerprint density at radius 1 is 1.03 bits per heavy atom. The van der Waals surface area contributed by atoms with Crippen molar-refractivity contribution >= 4 is 17.7 Å². The maximum atomic E-state index is 13.2. The number of benzene rings is 2. The molecule has 0 bridgehead atoms. The maximum absolute atomic E-state index is 13.2. The van der Waals surface area contributed by atoms with Gasteiger partial charge in [0.1, 0.15) is 11.8 Å². The summed E-state index contributed by atoms with van der Waals surface area (Å²) in [6.45, 7) is 2.73. The number of para-hydroxylation sites is 1. The molecule has 154 valence electrons. The fraction of sp³-hybridized carbons (Fsp3) is 0.286. The van der Waals surface area contributed by atoms with Gasteiger partial charge in [-0.1, -0.05) is 26.0 Å². The number of methoxy groups -OCH3 is 1. The molecule has 0 saturated heterocycles. The SMILES string of the molecule is COc1ccccc1C(=O)N[C@H](C(=O)OCC(=O)c1ccc(F)c(F)c1)C(C)C. The van der Waals surface area contributed by atoms with Gasteiger partial charge < -0.3 is 14.8 Å². The number of nitrogens with one attached hydrogen (secondary N) is 1. The Kier molecular flexibility index (Phi) is 7.41. The van der Waals surface area contributed by atoms with Crippen molar-refractivity contribution in [3.8, 4) is 5.75 Å². The first-order chi connectivity index (χ1) is 13.7. The summed E-state index contributed by atoms with van der Waals surface area (Å²) in [6, 6.07) is 8.13. The molecule has 0 radical (unpaired) electrons. The lowest BCUT2D eigenvalue weighted by Gasteiger charge is -2.21. The summed E-state index contributed by atoms with van der Waals surface area (Å²) in [5.74, 6) is -4.31. The second-order valence-electron chi connectivity index (χ2n) is 6.56. The number of carbonyl (C=O) groups is 3. The van der Waals surface area contributed by atoms with Gasteiger partial charge in [0.15, 0.2) is 24.0 Å². The van der Waals surface area contributed by atoms with Gasteiger partial charge in [-0.2, -0.15) is 0 Å². The van der Waals surface area contributed by atoms with Crippen LogP contribution in [0.3, 0.4) is 0 Å². The number of ether oxygens (including phenoxy) is 2. The molecule has 6 nitrogen and oxygen atoms in total. The van der Waals surface area contributed by atoms with Crippen molar-refractivity contribution in [1.29, 1.82) is 0 Å².